The van der Waals surface area contributed by atoms with Crippen LogP contribution in [0.25, 0.3) is 11.0 Å². The van der Waals surface area contributed by atoms with Gasteiger partial charge in [-0.2, -0.15) is 0 Å². The Morgan fingerprint density at radius 1 is 1.23 bits per heavy atom. The first-order valence-corrected chi connectivity index (χ1v) is 9.81. The van der Waals surface area contributed by atoms with Crippen molar-refractivity contribution in [2.24, 2.45) is 5.92 Å². The molecule has 8 nitrogen and oxygen atoms in total. The molecule has 0 saturated heterocycles. The van der Waals surface area contributed by atoms with Gasteiger partial charge in [-0.05, 0) is 37.6 Å². The SMILES string of the molecule is CCOC(=O)C1C(=N)Oc2c(c(=O)oc3ccccc23)C12C(=O)Nc1ccc(C)cc12. The minimum Gasteiger partial charge on any atom is -0.465 e. The fourth-order valence-corrected chi connectivity index (χ4v) is 4.56. The standard InChI is InChI=1S/C23H18N2O6/c1-3-29-20(26)17-19(24)31-18-12-6-4-5-7-15(12)30-21(27)16(18)23(17)13-10-11(2)8-9-14(13)25-22(23)28/h4-10,17,24H,3H2,1-2H3,(H,25,28). The highest BCUT2D eigenvalue weighted by molar-refractivity contribution is 6.18. The van der Waals surface area contributed by atoms with Gasteiger partial charge < -0.3 is 19.2 Å². The zero-order valence-corrected chi connectivity index (χ0v) is 16.8. The van der Waals surface area contributed by atoms with Gasteiger partial charge in [0.15, 0.2) is 11.7 Å². The van der Waals surface area contributed by atoms with Crippen LogP contribution in [0, 0.1) is 18.3 Å². The van der Waals surface area contributed by atoms with Crippen molar-refractivity contribution >= 4 is 34.4 Å². The van der Waals surface area contributed by atoms with Crippen LogP contribution in [-0.4, -0.2) is 24.4 Å². The monoisotopic (exact) mass is 418 g/mol. The van der Waals surface area contributed by atoms with E-state index in [1.807, 2.05) is 13.0 Å². The molecular weight excluding hydrogens is 400 g/mol. The molecule has 0 bridgehead atoms. The molecule has 2 unspecified atom stereocenters. The van der Waals surface area contributed by atoms with Gasteiger partial charge in [-0.1, -0.05) is 29.8 Å². The molecule has 3 heterocycles. The summed E-state index contributed by atoms with van der Waals surface area (Å²) < 4.78 is 16.5. The molecule has 5 rings (SSSR count). The number of aryl methyl sites for hydroxylation is 1. The summed E-state index contributed by atoms with van der Waals surface area (Å²) in [5.74, 6) is -3.33. The van der Waals surface area contributed by atoms with Crippen molar-refractivity contribution in [3.63, 3.8) is 0 Å². The van der Waals surface area contributed by atoms with Crippen molar-refractivity contribution in [3.8, 4) is 5.75 Å². The number of hydrogen-bond donors (Lipinski definition) is 2. The Hall–Kier alpha value is -3.94. The van der Waals surface area contributed by atoms with Crippen LogP contribution in [0.2, 0.25) is 0 Å². The van der Waals surface area contributed by atoms with Gasteiger partial charge in [0.1, 0.15) is 16.6 Å². The molecular formula is C23H18N2O6. The van der Waals surface area contributed by atoms with Crippen molar-refractivity contribution in [2.75, 3.05) is 11.9 Å². The Morgan fingerprint density at radius 3 is 2.77 bits per heavy atom. The van der Waals surface area contributed by atoms with E-state index in [0.29, 0.717) is 16.6 Å². The second kappa shape index (κ2) is 6.53. The largest absolute Gasteiger partial charge is 0.465 e. The minimum absolute atomic E-state index is 0.0418. The molecule has 2 aliphatic rings. The Labute approximate surface area is 176 Å². The molecule has 1 spiro atoms. The number of ether oxygens (including phenoxy) is 2. The lowest BCUT2D eigenvalue weighted by atomic mass is 9.64. The first kappa shape index (κ1) is 19.0. The van der Waals surface area contributed by atoms with Gasteiger partial charge in [-0.15, -0.1) is 0 Å². The van der Waals surface area contributed by atoms with E-state index in [-0.39, 0.29) is 23.5 Å². The van der Waals surface area contributed by atoms with Gasteiger partial charge in [0, 0.05) is 5.69 Å². The van der Waals surface area contributed by atoms with Crippen LogP contribution in [0.4, 0.5) is 5.69 Å². The predicted molar refractivity (Wildman–Crippen MR) is 112 cm³/mol. The molecule has 2 N–H and O–H groups in total. The highest BCUT2D eigenvalue weighted by atomic mass is 16.5. The highest BCUT2D eigenvalue weighted by Gasteiger charge is 2.64. The van der Waals surface area contributed by atoms with Gasteiger partial charge in [0.2, 0.25) is 11.8 Å². The first-order chi connectivity index (χ1) is 14.9. The molecule has 2 atom stereocenters. The molecule has 1 amide bonds. The second-order valence-corrected chi connectivity index (χ2v) is 7.55. The van der Waals surface area contributed by atoms with E-state index < -0.39 is 34.7 Å². The van der Waals surface area contributed by atoms with Gasteiger partial charge in [0.05, 0.1) is 12.0 Å². The molecule has 1 aromatic heterocycles. The number of esters is 1. The third-order valence-corrected chi connectivity index (χ3v) is 5.80. The van der Waals surface area contributed by atoms with Crippen molar-refractivity contribution in [1.29, 1.82) is 5.41 Å². The second-order valence-electron chi connectivity index (χ2n) is 7.55. The van der Waals surface area contributed by atoms with E-state index in [4.69, 9.17) is 19.3 Å². The summed E-state index contributed by atoms with van der Waals surface area (Å²) in [6, 6.07) is 12.0. The summed E-state index contributed by atoms with van der Waals surface area (Å²) in [5.41, 5.74) is -0.815. The Morgan fingerprint density at radius 2 is 2.00 bits per heavy atom. The number of benzene rings is 2. The van der Waals surface area contributed by atoms with Crippen molar-refractivity contribution in [1.82, 2.24) is 0 Å². The minimum atomic E-state index is -1.84. The summed E-state index contributed by atoms with van der Waals surface area (Å²) in [6.07, 6.45) is 0. The van der Waals surface area contributed by atoms with Crippen molar-refractivity contribution in [2.45, 2.75) is 19.3 Å². The summed E-state index contributed by atoms with van der Waals surface area (Å²) in [7, 11) is 0. The number of carbonyl (C=O) groups is 2. The molecule has 2 aromatic carbocycles. The number of para-hydroxylation sites is 1. The zero-order valence-electron chi connectivity index (χ0n) is 16.8. The third-order valence-electron chi connectivity index (χ3n) is 5.80. The summed E-state index contributed by atoms with van der Waals surface area (Å²) in [5, 5.41) is 11.8. The molecule has 0 radical (unpaired) electrons. The Balaban J connectivity index is 1.96. The fourth-order valence-electron chi connectivity index (χ4n) is 4.56. The molecule has 2 aliphatic heterocycles. The van der Waals surface area contributed by atoms with Crippen LogP contribution >= 0.6 is 0 Å². The number of anilines is 1. The third kappa shape index (κ3) is 2.41. The average molecular weight is 418 g/mol. The van der Waals surface area contributed by atoms with Crippen LogP contribution < -0.4 is 15.7 Å². The Kier molecular flexibility index (Phi) is 4.01. The van der Waals surface area contributed by atoms with Gasteiger partial charge in [0.25, 0.3) is 0 Å². The lowest BCUT2D eigenvalue weighted by Crippen LogP contribution is -2.56. The lowest BCUT2D eigenvalue weighted by Gasteiger charge is -2.38. The van der Waals surface area contributed by atoms with Crippen LogP contribution in [0.3, 0.4) is 0 Å². The quantitative estimate of drug-likeness (QED) is 0.488. The summed E-state index contributed by atoms with van der Waals surface area (Å²) in [4.78, 5) is 39.9. The number of nitrogens with one attached hydrogen (secondary N) is 2. The number of amides is 1. The fraction of sp³-hybridized carbons (Fsp3) is 0.217. The summed E-state index contributed by atoms with van der Waals surface area (Å²) in [6.45, 7) is 3.51. The number of rotatable bonds is 2. The zero-order chi connectivity index (χ0) is 21.9. The molecule has 3 aromatic rings. The molecule has 0 fully saturated rings. The molecule has 31 heavy (non-hydrogen) atoms. The van der Waals surface area contributed by atoms with Crippen LogP contribution in [0.1, 0.15) is 23.6 Å². The molecule has 8 heteroatoms. The average Bonchev–Trinajstić information content (AvgIpc) is 3.00. The topological polar surface area (TPSA) is 119 Å². The maximum atomic E-state index is 13.6. The number of hydrogen-bond acceptors (Lipinski definition) is 7. The molecule has 156 valence electrons. The maximum Gasteiger partial charge on any atom is 0.344 e. The van der Waals surface area contributed by atoms with E-state index in [9.17, 15) is 14.4 Å². The van der Waals surface area contributed by atoms with Crippen molar-refractivity contribution < 1.29 is 23.5 Å². The highest BCUT2D eigenvalue weighted by Crippen LogP contribution is 2.54. The van der Waals surface area contributed by atoms with E-state index >= 15 is 0 Å². The molecule has 0 aliphatic carbocycles. The van der Waals surface area contributed by atoms with Crippen LogP contribution in [-0.2, 0) is 19.7 Å². The maximum absolute atomic E-state index is 13.6. The Bertz CT molecular complexity index is 1360. The first-order valence-electron chi connectivity index (χ1n) is 9.81. The number of fused-ring (bicyclic) bond motifs is 6. The normalized spacial score (nSPS) is 21.4. The van der Waals surface area contributed by atoms with E-state index in [0.717, 1.165) is 5.56 Å². The number of carbonyl (C=O) groups excluding carboxylic acids is 2. The van der Waals surface area contributed by atoms with E-state index in [1.165, 1.54) is 0 Å². The van der Waals surface area contributed by atoms with E-state index in [2.05, 4.69) is 5.32 Å². The van der Waals surface area contributed by atoms with Crippen LogP contribution in [0.5, 0.6) is 5.75 Å². The molecule has 0 saturated carbocycles. The van der Waals surface area contributed by atoms with Crippen LogP contribution in [0.15, 0.2) is 51.7 Å². The summed E-state index contributed by atoms with van der Waals surface area (Å²) >= 11 is 0. The smallest absolute Gasteiger partial charge is 0.344 e. The lowest BCUT2D eigenvalue weighted by molar-refractivity contribution is -0.149. The van der Waals surface area contributed by atoms with Gasteiger partial charge >= 0.3 is 11.6 Å². The van der Waals surface area contributed by atoms with Gasteiger partial charge in [-0.25, -0.2) is 4.79 Å². The van der Waals surface area contributed by atoms with Gasteiger partial charge in [-0.3, -0.25) is 15.0 Å². The predicted octanol–water partition coefficient (Wildman–Crippen LogP) is 2.89. The van der Waals surface area contributed by atoms with Crippen molar-refractivity contribution in [3.05, 3.63) is 69.6 Å². The van der Waals surface area contributed by atoms with E-state index in [1.54, 1.807) is 43.3 Å².